The Morgan fingerprint density at radius 2 is 2.04 bits per heavy atom. The number of nitrogens with two attached hydrogens (primary N) is 1. The van der Waals surface area contributed by atoms with Gasteiger partial charge in [-0.3, -0.25) is 4.90 Å². The van der Waals surface area contributed by atoms with E-state index in [9.17, 15) is 4.79 Å². The fourth-order valence-corrected chi connectivity index (χ4v) is 3.06. The Labute approximate surface area is 149 Å². The molecular weight excluding hydrogens is 322 g/mol. The van der Waals surface area contributed by atoms with Crippen LogP contribution in [0, 0.1) is 0 Å². The third-order valence-electron chi connectivity index (χ3n) is 4.29. The molecular formula is C17H29N5O3. The third kappa shape index (κ3) is 4.50. The van der Waals surface area contributed by atoms with Crippen LogP contribution in [-0.4, -0.2) is 59.0 Å². The van der Waals surface area contributed by atoms with Crippen LogP contribution in [0.3, 0.4) is 0 Å². The number of carbonyl (C=O) groups excluding carboxylic acids is 1. The van der Waals surface area contributed by atoms with Crippen molar-refractivity contribution in [2.24, 2.45) is 0 Å². The Morgan fingerprint density at radius 3 is 2.52 bits per heavy atom. The summed E-state index contributed by atoms with van der Waals surface area (Å²) in [5.41, 5.74) is 4.51. The van der Waals surface area contributed by atoms with Crippen molar-refractivity contribution in [3.05, 3.63) is 12.3 Å². The van der Waals surface area contributed by atoms with Crippen LogP contribution in [0.4, 0.5) is 16.6 Å². The zero-order chi connectivity index (χ0) is 18.7. The molecule has 0 radical (unpaired) electrons. The van der Waals surface area contributed by atoms with Crippen LogP contribution in [0.1, 0.15) is 40.5 Å². The first-order chi connectivity index (χ1) is 11.7. The minimum atomic E-state index is -0.687. The maximum absolute atomic E-state index is 12.6. The number of amides is 1. The van der Waals surface area contributed by atoms with Gasteiger partial charge in [0.05, 0.1) is 0 Å². The van der Waals surface area contributed by atoms with Crippen LogP contribution in [0.5, 0.6) is 0 Å². The first-order valence-corrected chi connectivity index (χ1v) is 8.60. The normalized spacial score (nSPS) is 17.2. The topological polar surface area (TPSA) is 93.8 Å². The van der Waals surface area contributed by atoms with E-state index in [1.807, 2.05) is 27.7 Å². The number of nitrogens with zero attached hydrogens (tertiary/aromatic N) is 4. The second-order valence-corrected chi connectivity index (χ2v) is 7.14. The summed E-state index contributed by atoms with van der Waals surface area (Å²) >= 11 is 0. The van der Waals surface area contributed by atoms with Gasteiger partial charge >= 0.3 is 6.09 Å². The summed E-state index contributed by atoms with van der Waals surface area (Å²) in [6.07, 6.45) is 2.56. The molecule has 25 heavy (non-hydrogen) atoms. The molecule has 1 amide bonds. The van der Waals surface area contributed by atoms with Crippen LogP contribution < -0.4 is 10.6 Å². The van der Waals surface area contributed by atoms with E-state index >= 15 is 0 Å². The average molecular weight is 351 g/mol. The van der Waals surface area contributed by atoms with Crippen molar-refractivity contribution in [2.45, 2.75) is 51.9 Å². The summed E-state index contributed by atoms with van der Waals surface area (Å²) in [6.45, 7) is 9.34. The minimum Gasteiger partial charge on any atom is -0.444 e. The number of aromatic nitrogens is 2. The van der Waals surface area contributed by atoms with Crippen molar-refractivity contribution in [3.8, 4) is 0 Å². The summed E-state index contributed by atoms with van der Waals surface area (Å²) in [5, 5.41) is 0. The number of ether oxygens (including phenoxy) is 2. The molecule has 0 unspecified atom stereocenters. The second kappa shape index (κ2) is 7.43. The summed E-state index contributed by atoms with van der Waals surface area (Å²) < 4.78 is 11.4. The Balaban J connectivity index is 2.12. The van der Waals surface area contributed by atoms with Crippen LogP contribution >= 0.6 is 0 Å². The largest absolute Gasteiger partial charge is 0.444 e. The first-order valence-electron chi connectivity index (χ1n) is 8.60. The van der Waals surface area contributed by atoms with Gasteiger partial charge in [0.25, 0.3) is 0 Å². The molecule has 0 saturated carbocycles. The quantitative estimate of drug-likeness (QED) is 0.832. The van der Waals surface area contributed by atoms with Crippen molar-refractivity contribution in [3.63, 3.8) is 0 Å². The Morgan fingerprint density at radius 1 is 1.40 bits per heavy atom. The molecule has 8 nitrogen and oxygen atoms in total. The number of carbonyl (C=O) groups is 1. The highest BCUT2D eigenvalue weighted by atomic mass is 16.6. The molecule has 0 aliphatic carbocycles. The van der Waals surface area contributed by atoms with Gasteiger partial charge < -0.3 is 20.1 Å². The van der Waals surface area contributed by atoms with Gasteiger partial charge in [-0.05, 0) is 33.8 Å². The van der Waals surface area contributed by atoms with Gasteiger partial charge in [-0.1, -0.05) is 0 Å². The van der Waals surface area contributed by atoms with E-state index in [0.717, 1.165) is 0 Å². The van der Waals surface area contributed by atoms with E-state index in [2.05, 4.69) is 14.9 Å². The zero-order valence-electron chi connectivity index (χ0n) is 15.8. The van der Waals surface area contributed by atoms with Crippen molar-refractivity contribution < 1.29 is 14.3 Å². The van der Waals surface area contributed by atoms with Crippen LogP contribution in [-0.2, 0) is 9.47 Å². The molecule has 1 aromatic rings. The van der Waals surface area contributed by atoms with Crippen molar-refractivity contribution in [2.75, 3.05) is 37.4 Å². The molecule has 0 atom stereocenters. The van der Waals surface area contributed by atoms with E-state index in [1.54, 1.807) is 24.3 Å². The number of hydrogen-bond donors (Lipinski definition) is 1. The third-order valence-corrected chi connectivity index (χ3v) is 4.29. The van der Waals surface area contributed by atoms with E-state index in [-0.39, 0.29) is 6.09 Å². The van der Waals surface area contributed by atoms with Gasteiger partial charge in [-0.2, -0.15) is 4.98 Å². The molecule has 1 aliphatic heterocycles. The van der Waals surface area contributed by atoms with Crippen molar-refractivity contribution >= 4 is 17.9 Å². The van der Waals surface area contributed by atoms with Gasteiger partial charge in [0.2, 0.25) is 5.95 Å². The maximum Gasteiger partial charge on any atom is 0.412 e. The van der Waals surface area contributed by atoms with E-state index in [1.165, 1.54) is 0 Å². The lowest BCUT2D eigenvalue weighted by molar-refractivity contribution is -0.142. The van der Waals surface area contributed by atoms with Crippen LogP contribution in [0.15, 0.2) is 12.3 Å². The SMILES string of the molecule is CCN(C(=O)OC(C)(C)C)C1(OC)CCN(c2nccc(N)n2)CC1. The Kier molecular flexibility index (Phi) is 5.72. The smallest absolute Gasteiger partial charge is 0.412 e. The van der Waals surface area contributed by atoms with Crippen LogP contribution in [0.25, 0.3) is 0 Å². The van der Waals surface area contributed by atoms with E-state index in [0.29, 0.717) is 44.2 Å². The van der Waals surface area contributed by atoms with Crippen LogP contribution in [0.2, 0.25) is 0 Å². The summed E-state index contributed by atoms with van der Waals surface area (Å²) in [4.78, 5) is 24.9. The lowest BCUT2D eigenvalue weighted by Crippen LogP contribution is -2.59. The zero-order valence-corrected chi connectivity index (χ0v) is 15.8. The minimum absolute atomic E-state index is 0.356. The van der Waals surface area contributed by atoms with Gasteiger partial charge in [-0.15, -0.1) is 0 Å². The lowest BCUT2D eigenvalue weighted by atomic mass is 9.98. The Bertz CT molecular complexity index is 594. The number of anilines is 2. The fourth-order valence-electron chi connectivity index (χ4n) is 3.06. The first kappa shape index (κ1) is 19.2. The highest BCUT2D eigenvalue weighted by Gasteiger charge is 2.44. The highest BCUT2D eigenvalue weighted by molar-refractivity contribution is 5.69. The van der Waals surface area contributed by atoms with E-state index in [4.69, 9.17) is 15.2 Å². The molecule has 1 aromatic heterocycles. The molecule has 0 spiro atoms. The number of methoxy groups -OCH3 is 1. The van der Waals surface area contributed by atoms with Crippen molar-refractivity contribution in [1.29, 1.82) is 0 Å². The predicted octanol–water partition coefficient (Wildman–Crippen LogP) is 2.26. The monoisotopic (exact) mass is 351 g/mol. The maximum atomic E-state index is 12.6. The van der Waals surface area contributed by atoms with Gasteiger partial charge in [0.15, 0.2) is 0 Å². The summed E-state index contributed by atoms with van der Waals surface area (Å²) in [6, 6.07) is 1.66. The fraction of sp³-hybridized carbons (Fsp3) is 0.706. The molecule has 1 saturated heterocycles. The van der Waals surface area contributed by atoms with Gasteiger partial charge in [0.1, 0.15) is 17.1 Å². The van der Waals surface area contributed by atoms with Crippen molar-refractivity contribution in [1.82, 2.24) is 14.9 Å². The molecule has 2 rings (SSSR count). The molecule has 140 valence electrons. The number of rotatable bonds is 4. The highest BCUT2D eigenvalue weighted by Crippen LogP contribution is 2.32. The standard InChI is InChI=1S/C17H29N5O3/c1-6-22(15(23)25-16(2,3)4)17(24-5)8-11-21(12-9-17)14-19-10-7-13(18)20-14/h7,10H,6,8-9,11-12H2,1-5H3,(H2,18,19,20). The van der Waals surface area contributed by atoms with Gasteiger partial charge in [0, 0.05) is 45.8 Å². The molecule has 1 aliphatic rings. The predicted molar refractivity (Wildman–Crippen MR) is 96.2 cm³/mol. The molecule has 2 heterocycles. The molecule has 8 heteroatoms. The summed E-state index contributed by atoms with van der Waals surface area (Å²) in [7, 11) is 1.64. The molecule has 0 aromatic carbocycles. The number of nitrogen functional groups attached to an aromatic ring is 1. The number of hydrogen-bond acceptors (Lipinski definition) is 7. The van der Waals surface area contributed by atoms with E-state index < -0.39 is 11.3 Å². The number of piperidine rings is 1. The lowest BCUT2D eigenvalue weighted by Gasteiger charge is -2.47. The molecule has 2 N–H and O–H groups in total. The summed E-state index contributed by atoms with van der Waals surface area (Å²) in [5.74, 6) is 1.04. The average Bonchev–Trinajstić information content (AvgIpc) is 2.54. The second-order valence-electron chi connectivity index (χ2n) is 7.14. The van der Waals surface area contributed by atoms with Gasteiger partial charge in [-0.25, -0.2) is 9.78 Å². The molecule has 0 bridgehead atoms. The Hall–Kier alpha value is -2.09. The molecule has 1 fully saturated rings.